The van der Waals surface area contributed by atoms with Gasteiger partial charge in [-0.3, -0.25) is 9.69 Å². The van der Waals surface area contributed by atoms with Gasteiger partial charge in [-0.15, -0.1) is 0 Å². The first-order valence-electron chi connectivity index (χ1n) is 17.9. The Morgan fingerprint density at radius 3 is 2.29 bits per heavy atom. The molecule has 0 saturated carbocycles. The molecule has 0 aliphatic heterocycles. The minimum atomic E-state index is 0.0201. The highest BCUT2D eigenvalue weighted by Crippen LogP contribution is 2.55. The van der Waals surface area contributed by atoms with Crippen molar-refractivity contribution in [1.82, 2.24) is 4.68 Å². The highest BCUT2D eigenvalue weighted by molar-refractivity contribution is 6.38. The van der Waals surface area contributed by atoms with Gasteiger partial charge in [0.15, 0.2) is 0 Å². The normalized spacial score (nSPS) is 19.1. The molecule has 5 aliphatic carbocycles. The summed E-state index contributed by atoms with van der Waals surface area (Å²) in [6, 6.07) is 36.3. The lowest BCUT2D eigenvalue weighted by Crippen LogP contribution is -2.46. The maximum Gasteiger partial charge on any atom is 0.0796 e. The minimum absolute atomic E-state index is 0.0201. The van der Waals surface area contributed by atoms with E-state index in [1.807, 2.05) is 0 Å². The van der Waals surface area contributed by atoms with Crippen LogP contribution in [0.2, 0.25) is 0 Å². The van der Waals surface area contributed by atoms with Crippen molar-refractivity contribution in [3.8, 4) is 22.3 Å². The Morgan fingerprint density at radius 2 is 1.41 bits per heavy atom. The van der Waals surface area contributed by atoms with E-state index in [2.05, 4.69) is 180 Å². The number of rotatable bonds is 5. The number of hydrogen-bond acceptors (Lipinski definition) is 1. The molecule has 5 aliphatic rings. The van der Waals surface area contributed by atoms with E-state index in [1.54, 1.807) is 0 Å². The van der Waals surface area contributed by atoms with Crippen LogP contribution in [0, 0.1) is 5.92 Å². The second-order valence-corrected chi connectivity index (χ2v) is 14.1. The van der Waals surface area contributed by atoms with Crippen molar-refractivity contribution in [3.05, 3.63) is 193 Å². The molecule has 0 radical (unpaired) electrons. The van der Waals surface area contributed by atoms with E-state index in [0.29, 0.717) is 0 Å². The van der Waals surface area contributed by atoms with Crippen molar-refractivity contribution in [2.75, 3.05) is 5.01 Å². The highest BCUT2D eigenvalue weighted by atomic mass is 15.6. The predicted octanol–water partition coefficient (Wildman–Crippen LogP) is 12.4. The van der Waals surface area contributed by atoms with Gasteiger partial charge in [0, 0.05) is 22.3 Å². The Balaban J connectivity index is 1.31. The molecular weight excluding hydrogens is 617 g/mol. The van der Waals surface area contributed by atoms with Crippen LogP contribution >= 0.6 is 0 Å². The molecule has 240 valence electrons. The number of fused-ring (bicyclic) bond motifs is 4. The molecule has 51 heavy (non-hydrogen) atoms. The van der Waals surface area contributed by atoms with Crippen LogP contribution in [-0.4, -0.2) is 10.7 Å². The number of allylic oxidation sites excluding steroid dienone is 11. The number of nitrogens with zero attached hydrogens (tertiary/aromatic N) is 2. The van der Waals surface area contributed by atoms with E-state index in [-0.39, 0.29) is 12.0 Å². The van der Waals surface area contributed by atoms with Crippen LogP contribution < -0.4 is 5.01 Å². The average molecular weight is 651 g/mol. The van der Waals surface area contributed by atoms with Gasteiger partial charge in [0.05, 0.1) is 22.8 Å². The fourth-order valence-corrected chi connectivity index (χ4v) is 9.30. The van der Waals surface area contributed by atoms with E-state index >= 15 is 0 Å². The van der Waals surface area contributed by atoms with Gasteiger partial charge in [0.2, 0.25) is 0 Å². The molecule has 5 aromatic carbocycles. The Morgan fingerprint density at radius 1 is 0.627 bits per heavy atom. The lowest BCUT2D eigenvalue weighted by atomic mass is 9.84. The second-order valence-electron chi connectivity index (χ2n) is 14.1. The maximum atomic E-state index is 4.84. The third-order valence-corrected chi connectivity index (χ3v) is 11.4. The number of benzene rings is 5. The molecule has 2 unspecified atom stereocenters. The molecule has 2 atom stereocenters. The number of aromatic nitrogens is 1. The van der Waals surface area contributed by atoms with Gasteiger partial charge in [-0.1, -0.05) is 158 Å². The smallest absolute Gasteiger partial charge is 0.0796 e. The Bertz CT molecular complexity index is 2900. The first kappa shape index (κ1) is 28.5. The van der Waals surface area contributed by atoms with Crippen LogP contribution in [0.5, 0.6) is 0 Å². The summed E-state index contributed by atoms with van der Waals surface area (Å²) in [6.45, 7) is 4.84. The summed E-state index contributed by atoms with van der Waals surface area (Å²) in [5.74, 6) is 0.187. The summed E-state index contributed by atoms with van der Waals surface area (Å²) in [6.07, 6.45) is 27.6. The predicted molar refractivity (Wildman–Crippen MR) is 218 cm³/mol. The summed E-state index contributed by atoms with van der Waals surface area (Å²) < 4.78 is 2.50. The topological polar surface area (TPSA) is 8.17 Å². The van der Waals surface area contributed by atoms with Gasteiger partial charge < -0.3 is 0 Å². The van der Waals surface area contributed by atoms with Crippen molar-refractivity contribution in [2.45, 2.75) is 12.5 Å². The zero-order chi connectivity index (χ0) is 33.6. The SMILES string of the molecule is C=C(/C=C1/C=CC=CC1)N(C1C=CC=C2C=CC=CC21)n1c2ccc3c4c2c2c5c(cccc5c(-c5ccccc5)c-4c4ccccc43)ccc21. The van der Waals surface area contributed by atoms with Crippen molar-refractivity contribution in [1.29, 1.82) is 0 Å². The van der Waals surface area contributed by atoms with Gasteiger partial charge in [0.1, 0.15) is 0 Å². The summed E-state index contributed by atoms with van der Waals surface area (Å²) in [4.78, 5) is 0. The average Bonchev–Trinajstić information content (AvgIpc) is 3.64. The van der Waals surface area contributed by atoms with E-state index in [1.165, 1.54) is 87.5 Å². The van der Waals surface area contributed by atoms with Crippen LogP contribution in [0.15, 0.2) is 193 Å². The van der Waals surface area contributed by atoms with Crippen LogP contribution in [-0.2, 0) is 0 Å². The maximum absolute atomic E-state index is 4.84. The van der Waals surface area contributed by atoms with Crippen molar-refractivity contribution >= 4 is 54.1 Å². The summed E-state index contributed by atoms with van der Waals surface area (Å²) in [5.41, 5.74) is 11.2. The van der Waals surface area contributed by atoms with Gasteiger partial charge in [-0.2, -0.15) is 0 Å². The van der Waals surface area contributed by atoms with Crippen LogP contribution in [0.4, 0.5) is 0 Å². The molecule has 11 rings (SSSR count). The summed E-state index contributed by atoms with van der Waals surface area (Å²) in [7, 11) is 0. The highest BCUT2D eigenvalue weighted by Gasteiger charge is 2.34. The van der Waals surface area contributed by atoms with Crippen molar-refractivity contribution in [2.24, 2.45) is 5.92 Å². The molecule has 2 heteroatoms. The number of hydrogen-bond donors (Lipinski definition) is 0. The Kier molecular flexibility index (Phi) is 6.03. The molecule has 0 fully saturated rings. The van der Waals surface area contributed by atoms with E-state index in [0.717, 1.165) is 12.1 Å². The first-order chi connectivity index (χ1) is 25.3. The zero-order valence-corrected chi connectivity index (χ0v) is 28.1. The third-order valence-electron chi connectivity index (χ3n) is 11.4. The summed E-state index contributed by atoms with van der Waals surface area (Å²) >= 11 is 0. The Labute approximate surface area is 296 Å². The molecule has 1 heterocycles. The van der Waals surface area contributed by atoms with E-state index in [4.69, 9.17) is 6.58 Å². The zero-order valence-electron chi connectivity index (χ0n) is 28.1. The fourth-order valence-electron chi connectivity index (χ4n) is 9.30. The minimum Gasteiger partial charge on any atom is -0.274 e. The van der Waals surface area contributed by atoms with E-state index < -0.39 is 0 Å². The standard InChI is InChI=1S/C49H34N2/c1-31(30-32-14-4-2-5-15-32)50(41-25-13-19-33-16-8-9-21-36(33)41)51-42-28-26-35-20-12-24-40-44(34-17-6-3-7-18-34)46-38-23-11-10-22-37(38)39-27-29-43(51)49(47(39)46)48(42)45(35)40/h2-14,16-30,36,41H,1,15H2/b32-30-. The van der Waals surface area contributed by atoms with Gasteiger partial charge >= 0.3 is 0 Å². The van der Waals surface area contributed by atoms with Crippen molar-refractivity contribution in [3.63, 3.8) is 0 Å². The Hall–Kier alpha value is -6.38. The largest absolute Gasteiger partial charge is 0.274 e. The lowest BCUT2D eigenvalue weighted by Gasteiger charge is -2.40. The lowest BCUT2D eigenvalue weighted by molar-refractivity contribution is 0.539. The van der Waals surface area contributed by atoms with Crippen LogP contribution in [0.3, 0.4) is 0 Å². The van der Waals surface area contributed by atoms with E-state index in [9.17, 15) is 0 Å². The monoisotopic (exact) mass is 650 g/mol. The molecule has 6 aromatic rings. The first-order valence-corrected chi connectivity index (χ1v) is 17.9. The fraction of sp³-hybridized carbons (Fsp3) is 0.0612. The van der Waals surface area contributed by atoms with Crippen LogP contribution in [0.25, 0.3) is 76.4 Å². The second kappa shape index (κ2) is 10.8. The summed E-state index contributed by atoms with van der Waals surface area (Å²) in [5, 5.41) is 12.9. The molecule has 0 spiro atoms. The molecule has 0 saturated heterocycles. The quantitative estimate of drug-likeness (QED) is 0.180. The molecular formula is C49H34N2. The van der Waals surface area contributed by atoms with Gasteiger partial charge in [0.25, 0.3) is 0 Å². The van der Waals surface area contributed by atoms with Crippen molar-refractivity contribution < 1.29 is 0 Å². The molecule has 0 bridgehead atoms. The van der Waals surface area contributed by atoms with Gasteiger partial charge in [-0.25, -0.2) is 0 Å². The molecule has 2 nitrogen and oxygen atoms in total. The molecule has 0 N–H and O–H groups in total. The van der Waals surface area contributed by atoms with Gasteiger partial charge in [-0.05, 0) is 84.8 Å². The third kappa shape index (κ3) is 3.99. The molecule has 1 aromatic heterocycles. The molecule has 0 amide bonds. The van der Waals surface area contributed by atoms with Crippen LogP contribution in [0.1, 0.15) is 6.42 Å².